The fourth-order valence-corrected chi connectivity index (χ4v) is 2.32. The molecular formula is C16H13F2N3O2. The number of ether oxygens (including phenoxy) is 1. The van der Waals surface area contributed by atoms with Crippen molar-refractivity contribution in [3.63, 3.8) is 0 Å². The number of hydrogen-bond donors (Lipinski definition) is 1. The van der Waals surface area contributed by atoms with Crippen LogP contribution in [0.1, 0.15) is 5.56 Å². The van der Waals surface area contributed by atoms with Gasteiger partial charge in [0.05, 0.1) is 22.9 Å². The quantitative estimate of drug-likeness (QED) is 0.738. The first-order valence-corrected chi connectivity index (χ1v) is 6.76. The summed E-state index contributed by atoms with van der Waals surface area (Å²) in [6.45, 7) is 1.65. The number of fused-ring (bicyclic) bond motifs is 1. The molecule has 3 rings (SSSR count). The average Bonchev–Trinajstić information content (AvgIpc) is 2.50. The van der Waals surface area contributed by atoms with Crippen LogP contribution >= 0.6 is 0 Å². The Balaban J connectivity index is 2.17. The van der Waals surface area contributed by atoms with Crippen LogP contribution in [0.5, 0.6) is 11.5 Å². The summed E-state index contributed by atoms with van der Waals surface area (Å²) in [6.07, 6.45) is 1.41. The van der Waals surface area contributed by atoms with Crippen molar-refractivity contribution in [3.05, 3.63) is 58.1 Å². The summed E-state index contributed by atoms with van der Waals surface area (Å²) in [5, 5.41) is 0.359. The summed E-state index contributed by atoms with van der Waals surface area (Å²) in [7, 11) is 1.58. The van der Waals surface area contributed by atoms with Crippen LogP contribution in [0.15, 0.2) is 35.4 Å². The van der Waals surface area contributed by atoms with Gasteiger partial charge in [0.1, 0.15) is 11.6 Å². The van der Waals surface area contributed by atoms with Gasteiger partial charge in [-0.1, -0.05) is 0 Å². The van der Waals surface area contributed by atoms with Gasteiger partial charge < -0.3 is 15.0 Å². The molecule has 0 aliphatic heterocycles. The Kier molecular flexibility index (Phi) is 3.48. The third-order valence-corrected chi connectivity index (χ3v) is 3.55. The Morgan fingerprint density at radius 3 is 2.70 bits per heavy atom. The maximum absolute atomic E-state index is 14.0. The standard InChI is InChI=1S/C16H13F2N3O2/c1-8-12(23-13-6-9(17)5-10(19)15(13)18)4-3-11-14(8)16(22)21(2)7-20-11/h3-7H,19H2,1-2H3. The molecule has 0 spiro atoms. The lowest BCUT2D eigenvalue weighted by molar-refractivity contribution is 0.436. The number of anilines is 1. The third kappa shape index (κ3) is 2.50. The number of aromatic nitrogens is 2. The van der Waals surface area contributed by atoms with Crippen molar-refractivity contribution in [2.24, 2.45) is 7.05 Å². The van der Waals surface area contributed by atoms with E-state index < -0.39 is 11.6 Å². The Hall–Kier alpha value is -2.96. The van der Waals surface area contributed by atoms with Gasteiger partial charge in [-0.15, -0.1) is 0 Å². The van der Waals surface area contributed by atoms with Gasteiger partial charge in [-0.05, 0) is 19.1 Å². The highest BCUT2D eigenvalue weighted by atomic mass is 19.1. The summed E-state index contributed by atoms with van der Waals surface area (Å²) >= 11 is 0. The van der Waals surface area contributed by atoms with Crippen LogP contribution in [-0.4, -0.2) is 9.55 Å². The van der Waals surface area contributed by atoms with Crippen LogP contribution in [0, 0.1) is 18.6 Å². The molecule has 0 saturated carbocycles. The molecule has 1 heterocycles. The third-order valence-electron chi connectivity index (χ3n) is 3.55. The lowest BCUT2D eigenvalue weighted by atomic mass is 10.1. The SMILES string of the molecule is Cc1c(Oc2cc(F)cc(N)c2F)ccc2ncn(C)c(=O)c12. The zero-order valence-corrected chi connectivity index (χ0v) is 12.4. The first-order valence-electron chi connectivity index (χ1n) is 6.76. The van der Waals surface area contributed by atoms with E-state index in [1.54, 1.807) is 26.1 Å². The second kappa shape index (κ2) is 5.35. The fraction of sp³-hybridized carbons (Fsp3) is 0.125. The molecule has 5 nitrogen and oxygen atoms in total. The molecule has 0 radical (unpaired) electrons. The van der Waals surface area contributed by atoms with E-state index in [1.165, 1.54) is 10.9 Å². The summed E-state index contributed by atoms with van der Waals surface area (Å²) < 4.78 is 34.1. The zero-order chi connectivity index (χ0) is 16.7. The van der Waals surface area contributed by atoms with E-state index in [9.17, 15) is 13.6 Å². The van der Waals surface area contributed by atoms with Gasteiger partial charge >= 0.3 is 0 Å². The highest BCUT2D eigenvalue weighted by Crippen LogP contribution is 2.32. The molecule has 7 heteroatoms. The van der Waals surface area contributed by atoms with Crippen molar-refractivity contribution in [2.45, 2.75) is 6.92 Å². The van der Waals surface area contributed by atoms with E-state index in [4.69, 9.17) is 10.5 Å². The van der Waals surface area contributed by atoms with Gasteiger partial charge in [-0.3, -0.25) is 4.79 Å². The second-order valence-electron chi connectivity index (χ2n) is 5.15. The van der Waals surface area contributed by atoms with E-state index in [-0.39, 0.29) is 22.7 Å². The van der Waals surface area contributed by atoms with Crippen molar-refractivity contribution in [1.29, 1.82) is 0 Å². The van der Waals surface area contributed by atoms with Gasteiger partial charge in [0, 0.05) is 24.7 Å². The Bertz CT molecular complexity index is 983. The first kappa shape index (κ1) is 15.0. The molecule has 3 aromatic rings. The zero-order valence-electron chi connectivity index (χ0n) is 12.4. The monoisotopic (exact) mass is 317 g/mol. The van der Waals surface area contributed by atoms with Gasteiger partial charge in [0.25, 0.3) is 5.56 Å². The average molecular weight is 317 g/mol. The highest BCUT2D eigenvalue weighted by molar-refractivity contribution is 5.83. The summed E-state index contributed by atoms with van der Waals surface area (Å²) in [5.41, 5.74) is 5.77. The summed E-state index contributed by atoms with van der Waals surface area (Å²) in [6, 6.07) is 4.90. The predicted molar refractivity (Wildman–Crippen MR) is 82.6 cm³/mol. The molecule has 23 heavy (non-hydrogen) atoms. The van der Waals surface area contributed by atoms with Crippen LogP contribution in [0.3, 0.4) is 0 Å². The molecule has 1 aromatic heterocycles. The van der Waals surface area contributed by atoms with E-state index in [1.807, 2.05) is 0 Å². The molecule has 118 valence electrons. The Labute approximate surface area is 129 Å². The van der Waals surface area contributed by atoms with E-state index in [0.717, 1.165) is 12.1 Å². The van der Waals surface area contributed by atoms with Crippen LogP contribution in [0.2, 0.25) is 0 Å². The number of hydrogen-bond acceptors (Lipinski definition) is 4. The van der Waals surface area contributed by atoms with Crippen LogP contribution < -0.4 is 16.0 Å². The van der Waals surface area contributed by atoms with Crippen LogP contribution in [0.25, 0.3) is 10.9 Å². The Morgan fingerprint density at radius 2 is 1.96 bits per heavy atom. The smallest absolute Gasteiger partial charge is 0.261 e. The lowest BCUT2D eigenvalue weighted by Crippen LogP contribution is -2.18. The molecule has 0 fully saturated rings. The summed E-state index contributed by atoms with van der Waals surface area (Å²) in [5.74, 6) is -1.68. The predicted octanol–water partition coefficient (Wildman–Crippen LogP) is 2.89. The van der Waals surface area contributed by atoms with Gasteiger partial charge in [0.15, 0.2) is 11.6 Å². The molecule has 0 saturated heterocycles. The van der Waals surface area contributed by atoms with Gasteiger partial charge in [-0.2, -0.15) is 0 Å². The maximum Gasteiger partial charge on any atom is 0.261 e. The molecular weight excluding hydrogens is 304 g/mol. The normalized spacial score (nSPS) is 11.0. The molecule has 0 atom stereocenters. The topological polar surface area (TPSA) is 70.1 Å². The van der Waals surface area contributed by atoms with Crippen LogP contribution in [-0.2, 0) is 7.05 Å². The molecule has 0 amide bonds. The number of halogens is 2. The second-order valence-corrected chi connectivity index (χ2v) is 5.15. The van der Waals surface area contributed by atoms with Crippen molar-refractivity contribution < 1.29 is 13.5 Å². The van der Waals surface area contributed by atoms with E-state index in [2.05, 4.69) is 4.98 Å². The largest absolute Gasteiger partial charge is 0.454 e. The first-order chi connectivity index (χ1) is 10.9. The number of rotatable bonds is 2. The van der Waals surface area contributed by atoms with Crippen molar-refractivity contribution in [1.82, 2.24) is 9.55 Å². The van der Waals surface area contributed by atoms with Crippen molar-refractivity contribution in [2.75, 3.05) is 5.73 Å². The Morgan fingerprint density at radius 1 is 1.22 bits per heavy atom. The number of aryl methyl sites for hydroxylation is 2. The molecule has 2 N–H and O–H groups in total. The molecule has 0 aliphatic rings. The van der Waals surface area contributed by atoms with E-state index >= 15 is 0 Å². The molecule has 0 bridgehead atoms. The van der Waals surface area contributed by atoms with Gasteiger partial charge in [0.2, 0.25) is 0 Å². The number of nitrogen functional groups attached to an aromatic ring is 1. The minimum absolute atomic E-state index is 0.228. The maximum atomic E-state index is 14.0. The van der Waals surface area contributed by atoms with Crippen molar-refractivity contribution in [3.8, 4) is 11.5 Å². The molecule has 0 aliphatic carbocycles. The minimum atomic E-state index is -0.856. The minimum Gasteiger partial charge on any atom is -0.454 e. The fourth-order valence-electron chi connectivity index (χ4n) is 2.32. The number of nitrogens with two attached hydrogens (primary N) is 1. The lowest BCUT2D eigenvalue weighted by Gasteiger charge is -2.12. The summed E-state index contributed by atoms with van der Waals surface area (Å²) in [4.78, 5) is 16.4. The van der Waals surface area contributed by atoms with Gasteiger partial charge in [-0.25, -0.2) is 13.8 Å². The molecule has 0 unspecified atom stereocenters. The van der Waals surface area contributed by atoms with Crippen molar-refractivity contribution >= 4 is 16.6 Å². The number of benzene rings is 2. The van der Waals surface area contributed by atoms with E-state index in [0.29, 0.717) is 16.5 Å². The highest BCUT2D eigenvalue weighted by Gasteiger charge is 2.15. The van der Waals surface area contributed by atoms with Crippen LogP contribution in [0.4, 0.5) is 14.5 Å². The number of nitrogens with zero attached hydrogens (tertiary/aromatic N) is 2. The molecule has 2 aromatic carbocycles.